The van der Waals surface area contributed by atoms with Gasteiger partial charge in [0.2, 0.25) is 0 Å². The van der Waals surface area contributed by atoms with Gasteiger partial charge in [-0.2, -0.15) is 0 Å². The summed E-state index contributed by atoms with van der Waals surface area (Å²) in [4.78, 5) is 23.8. The quantitative estimate of drug-likeness (QED) is 0.349. The van der Waals surface area contributed by atoms with Crippen LogP contribution in [0.5, 0.6) is 0 Å². The number of aromatic amines is 1. The maximum atomic E-state index is 13.1. The molecule has 2 aromatic heterocycles. The number of fused-ring (bicyclic) bond motifs is 1. The summed E-state index contributed by atoms with van der Waals surface area (Å²) in [7, 11) is 0. The summed E-state index contributed by atoms with van der Waals surface area (Å²) in [5.74, 6) is 0.626. The van der Waals surface area contributed by atoms with Crippen molar-refractivity contribution in [3.8, 4) is 11.1 Å². The van der Waals surface area contributed by atoms with E-state index in [9.17, 15) is 9.90 Å². The molecule has 4 rings (SSSR count). The third kappa shape index (κ3) is 5.58. The highest BCUT2D eigenvalue weighted by Crippen LogP contribution is 2.31. The van der Waals surface area contributed by atoms with Gasteiger partial charge in [-0.05, 0) is 42.5 Å². The molecule has 0 aliphatic heterocycles. The van der Waals surface area contributed by atoms with E-state index in [0.29, 0.717) is 30.8 Å². The predicted molar refractivity (Wildman–Crippen MR) is 137 cm³/mol. The standard InChI is InChI=1S/C27H31N3O2S/c1-4-8-22(31)15-30(14-20-9-6-5-7-10-20)16-24-28-26(32)25-23(17-33-27(25)29-24)21-12-11-18(2)19(3)13-21/h5-7,9-13,17,22,31H,4,8,14-16H2,1-3H3,(H,28,29,32). The monoisotopic (exact) mass is 461 g/mol. The Bertz CT molecular complexity index is 1280. The molecule has 1 unspecified atom stereocenters. The fourth-order valence-electron chi connectivity index (χ4n) is 4.15. The lowest BCUT2D eigenvalue weighted by Gasteiger charge is -2.24. The van der Waals surface area contributed by atoms with E-state index in [1.54, 1.807) is 0 Å². The number of aliphatic hydroxyl groups excluding tert-OH is 1. The van der Waals surface area contributed by atoms with Crippen molar-refractivity contribution in [3.05, 3.63) is 86.8 Å². The molecule has 4 aromatic rings. The van der Waals surface area contributed by atoms with Gasteiger partial charge in [0.1, 0.15) is 10.7 Å². The Balaban J connectivity index is 1.63. The maximum Gasteiger partial charge on any atom is 0.260 e. The summed E-state index contributed by atoms with van der Waals surface area (Å²) in [6.45, 7) is 7.93. The average Bonchev–Trinajstić information content (AvgIpc) is 3.21. The van der Waals surface area contributed by atoms with Crippen molar-refractivity contribution in [1.29, 1.82) is 0 Å². The molecule has 2 heterocycles. The van der Waals surface area contributed by atoms with Crippen LogP contribution in [0.4, 0.5) is 0 Å². The molecule has 0 saturated heterocycles. The van der Waals surface area contributed by atoms with Crippen LogP contribution in [0, 0.1) is 13.8 Å². The van der Waals surface area contributed by atoms with Crippen LogP contribution in [-0.2, 0) is 13.1 Å². The van der Waals surface area contributed by atoms with Gasteiger partial charge in [0.25, 0.3) is 5.56 Å². The summed E-state index contributed by atoms with van der Waals surface area (Å²) in [5.41, 5.74) is 5.46. The van der Waals surface area contributed by atoms with Crippen LogP contribution < -0.4 is 5.56 Å². The summed E-state index contributed by atoms with van der Waals surface area (Å²) >= 11 is 1.50. The van der Waals surface area contributed by atoms with E-state index in [1.165, 1.54) is 22.5 Å². The summed E-state index contributed by atoms with van der Waals surface area (Å²) in [6, 6.07) is 16.5. The molecule has 0 spiro atoms. The van der Waals surface area contributed by atoms with E-state index in [1.807, 2.05) is 23.6 Å². The van der Waals surface area contributed by atoms with Crippen molar-refractivity contribution < 1.29 is 5.11 Å². The van der Waals surface area contributed by atoms with Crippen molar-refractivity contribution in [2.24, 2.45) is 0 Å². The first-order valence-electron chi connectivity index (χ1n) is 11.5. The second-order valence-electron chi connectivity index (χ2n) is 8.74. The van der Waals surface area contributed by atoms with Crippen LogP contribution in [-0.4, -0.2) is 32.6 Å². The van der Waals surface area contributed by atoms with Gasteiger partial charge in [-0.3, -0.25) is 9.69 Å². The SMILES string of the molecule is CCCC(O)CN(Cc1ccccc1)Cc1nc2scc(-c3ccc(C)c(C)c3)c2c(=O)[nH]1. The Morgan fingerprint density at radius 3 is 2.61 bits per heavy atom. The zero-order valence-electron chi connectivity index (χ0n) is 19.5. The van der Waals surface area contributed by atoms with E-state index >= 15 is 0 Å². The van der Waals surface area contributed by atoms with Crippen molar-refractivity contribution in [1.82, 2.24) is 14.9 Å². The molecule has 0 fully saturated rings. The summed E-state index contributed by atoms with van der Waals surface area (Å²) in [5, 5.41) is 13.1. The lowest BCUT2D eigenvalue weighted by Crippen LogP contribution is -2.33. The number of thiophene rings is 1. The van der Waals surface area contributed by atoms with Gasteiger partial charge in [-0.15, -0.1) is 11.3 Å². The Hall–Kier alpha value is -2.80. The molecule has 0 amide bonds. The number of rotatable bonds is 9. The minimum atomic E-state index is -0.410. The Morgan fingerprint density at radius 1 is 1.09 bits per heavy atom. The Morgan fingerprint density at radius 2 is 1.88 bits per heavy atom. The van der Waals surface area contributed by atoms with Gasteiger partial charge in [-0.1, -0.05) is 61.9 Å². The summed E-state index contributed by atoms with van der Waals surface area (Å²) in [6.07, 6.45) is 1.27. The molecule has 0 saturated carbocycles. The van der Waals surface area contributed by atoms with Crippen LogP contribution in [0.2, 0.25) is 0 Å². The normalized spacial score (nSPS) is 12.5. The highest BCUT2D eigenvalue weighted by Gasteiger charge is 2.17. The smallest absolute Gasteiger partial charge is 0.260 e. The van der Waals surface area contributed by atoms with E-state index in [0.717, 1.165) is 34.4 Å². The predicted octanol–water partition coefficient (Wildman–Crippen LogP) is 5.43. The molecule has 5 nitrogen and oxygen atoms in total. The first-order valence-corrected chi connectivity index (χ1v) is 12.3. The maximum absolute atomic E-state index is 13.1. The number of nitrogens with one attached hydrogen (secondary N) is 1. The zero-order chi connectivity index (χ0) is 23.4. The molecule has 2 aromatic carbocycles. The van der Waals surface area contributed by atoms with Crippen molar-refractivity contribution >= 4 is 21.6 Å². The number of aromatic nitrogens is 2. The zero-order valence-corrected chi connectivity index (χ0v) is 20.3. The second-order valence-corrected chi connectivity index (χ2v) is 9.60. The largest absolute Gasteiger partial charge is 0.392 e. The van der Waals surface area contributed by atoms with Gasteiger partial charge in [0.05, 0.1) is 18.0 Å². The average molecular weight is 462 g/mol. The van der Waals surface area contributed by atoms with Gasteiger partial charge in [0.15, 0.2) is 0 Å². The van der Waals surface area contributed by atoms with Crippen LogP contribution in [0.1, 0.15) is 42.3 Å². The van der Waals surface area contributed by atoms with E-state index in [-0.39, 0.29) is 5.56 Å². The molecule has 6 heteroatoms. The highest BCUT2D eigenvalue weighted by atomic mass is 32.1. The molecule has 1 atom stereocenters. The fourth-order valence-corrected chi connectivity index (χ4v) is 5.12. The van der Waals surface area contributed by atoms with E-state index in [4.69, 9.17) is 4.98 Å². The molecular formula is C27H31N3O2S. The molecule has 0 aliphatic rings. The molecule has 2 N–H and O–H groups in total. The molecule has 0 bridgehead atoms. The lowest BCUT2D eigenvalue weighted by molar-refractivity contribution is 0.0957. The third-order valence-electron chi connectivity index (χ3n) is 6.02. The van der Waals surface area contributed by atoms with Crippen LogP contribution in [0.25, 0.3) is 21.3 Å². The molecule has 0 aliphatic carbocycles. The van der Waals surface area contributed by atoms with Gasteiger partial charge in [0, 0.05) is 24.0 Å². The fraction of sp³-hybridized carbons (Fsp3) is 0.333. The first kappa shape index (κ1) is 23.4. The lowest BCUT2D eigenvalue weighted by atomic mass is 10.0. The van der Waals surface area contributed by atoms with Crippen LogP contribution in [0.3, 0.4) is 0 Å². The minimum absolute atomic E-state index is 0.113. The number of aliphatic hydroxyl groups is 1. The van der Waals surface area contributed by atoms with Gasteiger partial charge < -0.3 is 10.1 Å². The number of aryl methyl sites for hydroxylation is 2. The van der Waals surface area contributed by atoms with Crippen molar-refractivity contribution in [2.75, 3.05) is 6.54 Å². The van der Waals surface area contributed by atoms with Crippen LogP contribution >= 0.6 is 11.3 Å². The Labute approximate surface area is 198 Å². The number of H-pyrrole nitrogens is 1. The number of hydrogen-bond acceptors (Lipinski definition) is 5. The number of benzene rings is 2. The second kappa shape index (κ2) is 10.4. The molecule has 0 radical (unpaired) electrons. The molecule has 33 heavy (non-hydrogen) atoms. The molecule has 172 valence electrons. The number of nitrogens with zero attached hydrogens (tertiary/aromatic N) is 2. The first-order chi connectivity index (χ1) is 15.9. The van der Waals surface area contributed by atoms with E-state index < -0.39 is 6.10 Å². The Kier molecular flexibility index (Phi) is 7.38. The van der Waals surface area contributed by atoms with Crippen molar-refractivity contribution in [3.63, 3.8) is 0 Å². The third-order valence-corrected chi connectivity index (χ3v) is 6.90. The van der Waals surface area contributed by atoms with Gasteiger partial charge in [-0.25, -0.2) is 4.98 Å². The van der Waals surface area contributed by atoms with Crippen molar-refractivity contribution in [2.45, 2.75) is 52.8 Å². The van der Waals surface area contributed by atoms with Crippen LogP contribution in [0.15, 0.2) is 58.7 Å². The molecular weight excluding hydrogens is 430 g/mol. The summed E-state index contributed by atoms with van der Waals surface area (Å²) < 4.78 is 0. The topological polar surface area (TPSA) is 69.2 Å². The van der Waals surface area contributed by atoms with Gasteiger partial charge >= 0.3 is 0 Å². The highest BCUT2D eigenvalue weighted by molar-refractivity contribution is 7.17. The minimum Gasteiger partial charge on any atom is -0.392 e. The number of hydrogen-bond donors (Lipinski definition) is 2. The van der Waals surface area contributed by atoms with E-state index in [2.05, 4.69) is 61.0 Å².